The Bertz CT molecular complexity index is 418. The quantitative estimate of drug-likeness (QED) is 0.445. The van der Waals surface area contributed by atoms with Crippen molar-refractivity contribution in [3.63, 3.8) is 0 Å². The molecular formula is C16H26O4Si. The molecule has 0 bridgehead atoms. The van der Waals surface area contributed by atoms with Crippen molar-refractivity contribution in [3.05, 3.63) is 23.6 Å². The van der Waals surface area contributed by atoms with Gasteiger partial charge in [0.2, 0.25) is 0 Å². The molecule has 0 aromatic heterocycles. The maximum absolute atomic E-state index is 12.2. The van der Waals surface area contributed by atoms with Crippen molar-refractivity contribution in [1.82, 2.24) is 0 Å². The molecule has 4 nitrogen and oxygen atoms in total. The van der Waals surface area contributed by atoms with Gasteiger partial charge >= 0.3 is 11.9 Å². The van der Waals surface area contributed by atoms with Crippen molar-refractivity contribution in [3.8, 4) is 0 Å². The smallest absolute Gasteiger partial charge is 0.323 e. The lowest BCUT2D eigenvalue weighted by atomic mass is 9.85. The fourth-order valence-corrected chi connectivity index (χ4v) is 4.15. The highest BCUT2D eigenvalue weighted by Crippen LogP contribution is 2.50. The summed E-state index contributed by atoms with van der Waals surface area (Å²) in [7, 11) is 1.18. The minimum atomic E-state index is -1.45. The molecule has 0 spiro atoms. The summed E-state index contributed by atoms with van der Waals surface area (Å²) >= 11 is 0. The predicted molar refractivity (Wildman–Crippen MR) is 85.0 cm³/mol. The van der Waals surface area contributed by atoms with Crippen LogP contribution in [0.5, 0.6) is 0 Å². The first kappa shape index (κ1) is 17.9. The van der Waals surface area contributed by atoms with Crippen molar-refractivity contribution in [2.75, 3.05) is 14.2 Å². The lowest BCUT2D eigenvalue weighted by molar-refractivity contribution is -0.168. The third-order valence-electron chi connectivity index (χ3n) is 3.61. The summed E-state index contributed by atoms with van der Waals surface area (Å²) in [5.74, 6) is 0.0949. The normalized spacial score (nSPS) is 20.6. The summed E-state index contributed by atoms with van der Waals surface area (Å²) in [5, 5.41) is 0. The zero-order valence-electron chi connectivity index (χ0n) is 13.9. The molecule has 21 heavy (non-hydrogen) atoms. The van der Waals surface area contributed by atoms with Gasteiger partial charge in [0.1, 0.15) is 0 Å². The van der Waals surface area contributed by atoms with Crippen molar-refractivity contribution < 1.29 is 19.1 Å². The minimum Gasteiger partial charge on any atom is -0.468 e. The molecule has 1 aliphatic rings. The van der Waals surface area contributed by atoms with E-state index in [1.807, 2.05) is 0 Å². The van der Waals surface area contributed by atoms with Gasteiger partial charge in [-0.15, -0.1) is 0 Å². The van der Waals surface area contributed by atoms with Gasteiger partial charge in [-0.3, -0.25) is 9.59 Å². The van der Waals surface area contributed by atoms with Gasteiger partial charge in [-0.2, -0.15) is 0 Å². The molecule has 1 rings (SSSR count). The Morgan fingerprint density at radius 3 is 2.05 bits per heavy atom. The minimum absolute atomic E-state index is 0.372. The van der Waals surface area contributed by atoms with E-state index < -0.39 is 25.4 Å². The Morgan fingerprint density at radius 1 is 1.14 bits per heavy atom. The van der Waals surface area contributed by atoms with Crippen molar-refractivity contribution in [2.45, 2.75) is 45.8 Å². The predicted octanol–water partition coefficient (Wildman–Crippen LogP) is 3.11. The second kappa shape index (κ2) is 6.77. The molecule has 0 aromatic carbocycles. The molecule has 118 valence electrons. The summed E-state index contributed by atoms with van der Waals surface area (Å²) in [6.45, 7) is 8.76. The van der Waals surface area contributed by atoms with E-state index in [4.69, 9.17) is 9.47 Å². The van der Waals surface area contributed by atoms with E-state index in [1.54, 1.807) is 0 Å². The molecule has 0 atom stereocenters. The molecule has 0 heterocycles. The van der Waals surface area contributed by atoms with Gasteiger partial charge in [0, 0.05) is 14.0 Å². The monoisotopic (exact) mass is 310 g/mol. The summed E-state index contributed by atoms with van der Waals surface area (Å²) in [6.07, 6.45) is 3.72. The molecule has 0 N–H and O–H groups in total. The molecule has 0 unspecified atom stereocenters. The summed E-state index contributed by atoms with van der Waals surface area (Å²) in [4.78, 5) is 24.5. The van der Waals surface area contributed by atoms with Crippen molar-refractivity contribution >= 4 is 20.0 Å². The largest absolute Gasteiger partial charge is 0.468 e. The maximum Gasteiger partial charge on any atom is 0.323 e. The first-order chi connectivity index (χ1) is 9.70. The number of hydrogen-bond donors (Lipinski definition) is 0. The van der Waals surface area contributed by atoms with Crippen LogP contribution in [0.4, 0.5) is 0 Å². The highest BCUT2D eigenvalue weighted by atomic mass is 28.3. The molecule has 0 aromatic rings. The third kappa shape index (κ3) is 3.96. The van der Waals surface area contributed by atoms with Crippen LogP contribution in [-0.4, -0.2) is 34.2 Å². The molecule has 0 aliphatic heterocycles. The average molecular weight is 310 g/mol. The van der Waals surface area contributed by atoms with Crippen LogP contribution in [0.1, 0.15) is 26.2 Å². The Hall–Kier alpha value is -1.10. The molecule has 1 fully saturated rings. The van der Waals surface area contributed by atoms with E-state index in [2.05, 4.69) is 38.7 Å². The van der Waals surface area contributed by atoms with Gasteiger partial charge in [0.15, 0.2) is 5.41 Å². The first-order valence-electron chi connectivity index (χ1n) is 7.28. The van der Waals surface area contributed by atoms with Gasteiger partial charge < -0.3 is 9.47 Å². The molecule has 0 amide bonds. The second-order valence-corrected chi connectivity index (χ2v) is 11.6. The van der Waals surface area contributed by atoms with Gasteiger partial charge in [0.25, 0.3) is 0 Å². The van der Waals surface area contributed by atoms with Crippen LogP contribution in [0.2, 0.25) is 19.6 Å². The summed E-state index contributed by atoms with van der Waals surface area (Å²) in [6, 6.07) is 2.27. The Labute approximate surface area is 128 Å². The Kier molecular flexibility index (Phi) is 5.79. The third-order valence-corrected chi connectivity index (χ3v) is 4.82. The number of ether oxygens (including phenoxy) is 2. The number of methoxy groups -OCH3 is 2. The van der Waals surface area contributed by atoms with Crippen LogP contribution in [-0.2, 0) is 19.1 Å². The van der Waals surface area contributed by atoms with Gasteiger partial charge in [0.05, 0.1) is 14.2 Å². The lowest BCUT2D eigenvalue weighted by Crippen LogP contribution is -2.39. The van der Waals surface area contributed by atoms with E-state index in [9.17, 15) is 9.59 Å². The van der Waals surface area contributed by atoms with E-state index in [0.717, 1.165) is 17.9 Å². The highest BCUT2D eigenvalue weighted by Gasteiger charge is 2.55. The average Bonchev–Trinajstić information content (AvgIpc) is 2.75. The van der Waals surface area contributed by atoms with E-state index in [0.29, 0.717) is 12.8 Å². The van der Waals surface area contributed by atoms with E-state index in [1.165, 1.54) is 14.2 Å². The van der Waals surface area contributed by atoms with Crippen LogP contribution in [0.3, 0.4) is 0 Å². The number of carbonyl (C=O) groups excluding carboxylic acids is 2. The molecule has 5 heteroatoms. The standard InChI is InChI=1S/C16H26O4Si/c1-7-8-12-9-16(14(17)19-2,15(18)20-3)10-13(12)11-21(4,5)6/h8,11H,7,9-10H2,1-6H3/b12-8+. The van der Waals surface area contributed by atoms with E-state index in [-0.39, 0.29) is 0 Å². The zero-order chi connectivity index (χ0) is 16.3. The lowest BCUT2D eigenvalue weighted by Gasteiger charge is -2.24. The van der Waals surface area contributed by atoms with Crippen molar-refractivity contribution in [1.29, 1.82) is 0 Å². The summed E-state index contributed by atoms with van der Waals surface area (Å²) < 4.78 is 9.77. The molecular weight excluding hydrogens is 284 g/mol. The van der Waals surface area contributed by atoms with Crippen molar-refractivity contribution in [2.24, 2.45) is 5.41 Å². The van der Waals surface area contributed by atoms with Crippen LogP contribution >= 0.6 is 0 Å². The Morgan fingerprint density at radius 2 is 1.67 bits per heavy atom. The zero-order valence-corrected chi connectivity index (χ0v) is 14.9. The van der Waals surface area contributed by atoms with E-state index >= 15 is 0 Å². The number of esters is 2. The van der Waals surface area contributed by atoms with Crippen LogP contribution in [0, 0.1) is 17.4 Å². The molecule has 1 aliphatic carbocycles. The van der Waals surface area contributed by atoms with Gasteiger partial charge in [-0.1, -0.05) is 38.2 Å². The second-order valence-electron chi connectivity index (χ2n) is 6.59. The number of hydrogen-bond acceptors (Lipinski definition) is 4. The molecule has 1 saturated carbocycles. The number of rotatable bonds is 5. The molecule has 0 saturated heterocycles. The van der Waals surface area contributed by atoms with Gasteiger partial charge in [-0.05, 0) is 25.3 Å². The fraction of sp³-hybridized carbons (Fsp3) is 0.625. The maximum atomic E-state index is 12.2. The SMILES string of the molecule is CC/C=C1\CC(C(=O)OC)(C(=O)OC)C[C]1[CH][Si](C)(C)C. The topological polar surface area (TPSA) is 52.6 Å². The summed E-state index contributed by atoms with van der Waals surface area (Å²) in [5.41, 5.74) is -0.133. The Balaban J connectivity index is 3.17. The van der Waals surface area contributed by atoms with Crippen LogP contribution in [0.15, 0.2) is 11.6 Å². The number of carbonyl (C=O) groups is 2. The number of allylic oxidation sites excluding steroid dienone is 2. The van der Waals surface area contributed by atoms with Crippen LogP contribution < -0.4 is 0 Å². The highest BCUT2D eigenvalue weighted by molar-refractivity contribution is 6.80. The molecule has 2 radical (unpaired) electrons. The van der Waals surface area contributed by atoms with Crippen LogP contribution in [0.25, 0.3) is 0 Å². The first-order valence-corrected chi connectivity index (χ1v) is 10.9. The van der Waals surface area contributed by atoms with Gasteiger partial charge in [-0.25, -0.2) is 0 Å². The fourth-order valence-electron chi connectivity index (χ4n) is 2.82.